The number of hydrogen-bond acceptors (Lipinski definition) is 7. The third-order valence-electron chi connectivity index (χ3n) is 7.56. The molecule has 0 spiro atoms. The minimum atomic E-state index is -4.00. The molecular weight excluding hydrogens is 560 g/mol. The molecule has 6 rings (SSSR count). The lowest BCUT2D eigenvalue weighted by Crippen LogP contribution is -2.26. The predicted octanol–water partition coefficient (Wildman–Crippen LogP) is 6.10. The van der Waals surface area contributed by atoms with Crippen molar-refractivity contribution >= 4 is 21.1 Å². The van der Waals surface area contributed by atoms with E-state index in [0.717, 1.165) is 41.6 Å². The first-order valence-corrected chi connectivity index (χ1v) is 15.6. The summed E-state index contributed by atoms with van der Waals surface area (Å²) in [6.45, 7) is 2.05. The van der Waals surface area contributed by atoms with E-state index < -0.39 is 10.0 Å². The maximum Gasteiger partial charge on any atom is 0.269 e. The monoisotopic (exact) mass is 592 g/mol. The van der Waals surface area contributed by atoms with Gasteiger partial charge in [0.1, 0.15) is 17.9 Å². The Hall–Kier alpha value is -4.49. The minimum absolute atomic E-state index is 0.00299. The van der Waals surface area contributed by atoms with E-state index in [1.165, 1.54) is 3.97 Å². The van der Waals surface area contributed by atoms with Crippen LogP contribution in [0.2, 0.25) is 0 Å². The Bertz CT molecular complexity index is 1900. The second-order valence-electron chi connectivity index (χ2n) is 10.9. The molecule has 9 heteroatoms. The summed E-state index contributed by atoms with van der Waals surface area (Å²) in [6, 6.07) is 27.8. The van der Waals surface area contributed by atoms with E-state index in [1.54, 1.807) is 42.6 Å². The van der Waals surface area contributed by atoms with Crippen molar-refractivity contribution < 1.29 is 17.9 Å². The van der Waals surface area contributed by atoms with Crippen LogP contribution in [0, 0.1) is 11.3 Å². The summed E-state index contributed by atoms with van der Waals surface area (Å²) in [5, 5.41) is 10.6. The first-order valence-electron chi connectivity index (χ1n) is 14.2. The molecule has 0 amide bonds. The zero-order chi connectivity index (χ0) is 30.0. The summed E-state index contributed by atoms with van der Waals surface area (Å²) in [6.07, 6.45) is 3.17. The average molecular weight is 593 g/mol. The number of rotatable bonds is 8. The fraction of sp³-hybridized carbons (Fsp3) is 0.235. The molecule has 3 heterocycles. The van der Waals surface area contributed by atoms with Crippen LogP contribution in [-0.2, 0) is 21.3 Å². The van der Waals surface area contributed by atoms with Gasteiger partial charge >= 0.3 is 0 Å². The molecule has 5 aromatic rings. The second-order valence-corrected chi connectivity index (χ2v) is 12.7. The number of nitriles is 1. The molecule has 1 fully saturated rings. The van der Waals surface area contributed by atoms with Crippen LogP contribution in [0.4, 0.5) is 0 Å². The molecule has 0 atom stereocenters. The van der Waals surface area contributed by atoms with Crippen LogP contribution in [-0.4, -0.2) is 55.7 Å². The van der Waals surface area contributed by atoms with Crippen LogP contribution >= 0.6 is 0 Å². The van der Waals surface area contributed by atoms with Crippen molar-refractivity contribution in [3.8, 4) is 34.2 Å². The molecule has 0 aliphatic carbocycles. The lowest BCUT2D eigenvalue weighted by atomic mass is 10.0. The standard InChI is InChI=1S/C34H32N4O4S/c1-37(2)23-24-8-10-25(11-9-24)32-21-31-30(14-17-36-34(31)38(32)43(39,40)29-6-4-3-5-7-29)26-12-13-33(27(20-26)22-35)42-28-15-18-41-19-16-28/h3-14,17,20-21,28H,15-16,18-19,23H2,1-2H3. The van der Waals surface area contributed by atoms with Crippen molar-refractivity contribution in [2.75, 3.05) is 27.3 Å². The number of pyridine rings is 1. The molecule has 0 unspecified atom stereocenters. The normalized spacial score (nSPS) is 14.2. The average Bonchev–Trinajstić information content (AvgIpc) is 3.43. The molecule has 0 N–H and O–H groups in total. The van der Waals surface area contributed by atoms with E-state index >= 15 is 0 Å². The molecule has 43 heavy (non-hydrogen) atoms. The van der Waals surface area contributed by atoms with Gasteiger partial charge in [0.2, 0.25) is 0 Å². The van der Waals surface area contributed by atoms with Gasteiger partial charge in [-0.05, 0) is 72.7 Å². The fourth-order valence-corrected chi connectivity index (χ4v) is 6.98. The van der Waals surface area contributed by atoms with Crippen molar-refractivity contribution in [3.63, 3.8) is 0 Å². The van der Waals surface area contributed by atoms with Gasteiger partial charge in [-0.2, -0.15) is 5.26 Å². The summed E-state index contributed by atoms with van der Waals surface area (Å²) in [5.41, 5.74) is 4.65. The maximum atomic E-state index is 14.1. The third kappa shape index (κ3) is 5.77. The summed E-state index contributed by atoms with van der Waals surface area (Å²) in [5.74, 6) is 0.533. The Labute approximate surface area is 251 Å². The molecule has 1 aliphatic heterocycles. The minimum Gasteiger partial charge on any atom is -0.489 e. The van der Waals surface area contributed by atoms with Crippen LogP contribution in [0.1, 0.15) is 24.0 Å². The number of benzene rings is 3. The van der Waals surface area contributed by atoms with Gasteiger partial charge in [-0.15, -0.1) is 0 Å². The van der Waals surface area contributed by atoms with Crippen molar-refractivity contribution in [1.82, 2.24) is 13.9 Å². The molecule has 0 bridgehead atoms. The zero-order valence-corrected chi connectivity index (χ0v) is 24.9. The fourth-order valence-electron chi connectivity index (χ4n) is 5.48. The topological polar surface area (TPSA) is 97.4 Å². The van der Waals surface area contributed by atoms with Crippen LogP contribution in [0.5, 0.6) is 5.75 Å². The van der Waals surface area contributed by atoms with E-state index in [-0.39, 0.29) is 11.0 Å². The van der Waals surface area contributed by atoms with Gasteiger partial charge in [0.25, 0.3) is 10.0 Å². The Kier molecular flexibility index (Phi) is 8.00. The number of ether oxygens (including phenoxy) is 2. The molecule has 0 radical (unpaired) electrons. The highest BCUT2D eigenvalue weighted by Gasteiger charge is 2.26. The highest BCUT2D eigenvalue weighted by atomic mass is 32.2. The first kappa shape index (κ1) is 28.6. The Morgan fingerprint density at radius 2 is 1.70 bits per heavy atom. The summed E-state index contributed by atoms with van der Waals surface area (Å²) >= 11 is 0. The molecule has 0 saturated carbocycles. The van der Waals surface area contributed by atoms with E-state index in [4.69, 9.17) is 9.47 Å². The highest BCUT2D eigenvalue weighted by Crippen LogP contribution is 2.38. The molecule has 8 nitrogen and oxygen atoms in total. The zero-order valence-electron chi connectivity index (χ0n) is 24.1. The summed E-state index contributed by atoms with van der Waals surface area (Å²) in [4.78, 5) is 6.83. The molecule has 218 valence electrons. The van der Waals surface area contributed by atoms with E-state index in [9.17, 15) is 13.7 Å². The van der Waals surface area contributed by atoms with Gasteiger partial charge in [0, 0.05) is 31.0 Å². The van der Waals surface area contributed by atoms with Gasteiger partial charge in [0.05, 0.1) is 29.4 Å². The molecule has 1 saturated heterocycles. The van der Waals surface area contributed by atoms with Gasteiger partial charge in [0.15, 0.2) is 5.65 Å². The number of aromatic nitrogens is 2. The number of nitrogens with zero attached hydrogens (tertiary/aromatic N) is 4. The predicted molar refractivity (Wildman–Crippen MR) is 166 cm³/mol. The Morgan fingerprint density at radius 3 is 2.40 bits per heavy atom. The Morgan fingerprint density at radius 1 is 0.977 bits per heavy atom. The smallest absolute Gasteiger partial charge is 0.269 e. The van der Waals surface area contributed by atoms with E-state index in [0.29, 0.717) is 41.3 Å². The summed E-state index contributed by atoms with van der Waals surface area (Å²) < 4.78 is 41.2. The van der Waals surface area contributed by atoms with E-state index in [2.05, 4.69) is 16.0 Å². The van der Waals surface area contributed by atoms with Crippen molar-refractivity contribution in [2.45, 2.75) is 30.4 Å². The largest absolute Gasteiger partial charge is 0.489 e. The van der Waals surface area contributed by atoms with Crippen molar-refractivity contribution in [3.05, 3.63) is 102 Å². The summed E-state index contributed by atoms with van der Waals surface area (Å²) in [7, 11) is 0.0117. The van der Waals surface area contributed by atoms with Crippen molar-refractivity contribution in [1.29, 1.82) is 5.26 Å². The first-order chi connectivity index (χ1) is 20.8. The number of hydrogen-bond donors (Lipinski definition) is 0. The molecule has 1 aliphatic rings. The van der Waals surface area contributed by atoms with Crippen LogP contribution in [0.25, 0.3) is 33.4 Å². The molecule has 2 aromatic heterocycles. The van der Waals surface area contributed by atoms with E-state index in [1.807, 2.05) is 62.6 Å². The third-order valence-corrected chi connectivity index (χ3v) is 9.28. The second kappa shape index (κ2) is 12.0. The van der Waals surface area contributed by atoms with Crippen molar-refractivity contribution in [2.24, 2.45) is 0 Å². The van der Waals surface area contributed by atoms with Gasteiger partial charge in [-0.1, -0.05) is 48.5 Å². The van der Waals surface area contributed by atoms with Crippen LogP contribution < -0.4 is 4.74 Å². The van der Waals surface area contributed by atoms with Crippen LogP contribution in [0.15, 0.2) is 96.0 Å². The lowest BCUT2D eigenvalue weighted by molar-refractivity contribution is 0.0254. The van der Waals surface area contributed by atoms with Crippen LogP contribution in [0.3, 0.4) is 0 Å². The lowest BCUT2D eigenvalue weighted by Gasteiger charge is -2.23. The van der Waals surface area contributed by atoms with Gasteiger partial charge in [-0.3, -0.25) is 0 Å². The van der Waals surface area contributed by atoms with Gasteiger partial charge in [-0.25, -0.2) is 17.4 Å². The number of fused-ring (bicyclic) bond motifs is 1. The molecular formula is C34H32N4O4S. The Balaban J connectivity index is 1.50. The van der Waals surface area contributed by atoms with Gasteiger partial charge < -0.3 is 14.4 Å². The SMILES string of the molecule is CN(C)Cc1ccc(-c2cc3c(-c4ccc(OC5CCOCC5)c(C#N)c4)ccnc3n2S(=O)(=O)c2ccccc2)cc1. The highest BCUT2D eigenvalue weighted by molar-refractivity contribution is 7.90. The maximum absolute atomic E-state index is 14.1. The molecule has 3 aromatic carbocycles. The quantitative estimate of drug-likeness (QED) is 0.215.